The van der Waals surface area contributed by atoms with Gasteiger partial charge in [0.25, 0.3) is 0 Å². The number of hydrogen-bond acceptors (Lipinski definition) is 5. The fourth-order valence-electron chi connectivity index (χ4n) is 3.81. The molecule has 0 radical (unpaired) electrons. The summed E-state index contributed by atoms with van der Waals surface area (Å²) in [6, 6.07) is 18.6. The number of hydroxylamine groups is 1. The van der Waals surface area contributed by atoms with Crippen molar-refractivity contribution >= 4 is 23.4 Å². The van der Waals surface area contributed by atoms with E-state index in [-0.39, 0.29) is 12.8 Å². The van der Waals surface area contributed by atoms with Crippen LogP contribution in [0, 0.1) is 5.92 Å². The molecular weight excluding hydrogens is 344 g/mol. The number of carbonyl (C=O) groups is 3. The van der Waals surface area contributed by atoms with Crippen LogP contribution in [0.3, 0.4) is 0 Å². The van der Waals surface area contributed by atoms with E-state index in [0.29, 0.717) is 0 Å². The van der Waals surface area contributed by atoms with Gasteiger partial charge in [-0.1, -0.05) is 48.5 Å². The molecule has 2 heterocycles. The second kappa shape index (κ2) is 6.96. The summed E-state index contributed by atoms with van der Waals surface area (Å²) in [6.45, 7) is 1.80. The van der Waals surface area contributed by atoms with Gasteiger partial charge in [0.1, 0.15) is 0 Å². The number of hydrogen-bond donors (Lipinski definition) is 0. The summed E-state index contributed by atoms with van der Waals surface area (Å²) in [6.07, 6.45) is -0.306. The van der Waals surface area contributed by atoms with Crippen LogP contribution in [0.4, 0.5) is 5.69 Å². The smallest absolute Gasteiger partial charge is 0.244 e. The van der Waals surface area contributed by atoms with E-state index in [0.717, 1.165) is 16.2 Å². The van der Waals surface area contributed by atoms with Gasteiger partial charge in [0.2, 0.25) is 17.7 Å². The quantitative estimate of drug-likeness (QED) is 0.784. The molecule has 2 aliphatic rings. The zero-order valence-corrected chi connectivity index (χ0v) is 14.9. The van der Waals surface area contributed by atoms with Gasteiger partial charge in [0, 0.05) is 12.8 Å². The van der Waals surface area contributed by atoms with Gasteiger partial charge < -0.3 is 0 Å². The Morgan fingerprint density at radius 1 is 0.926 bits per heavy atom. The molecule has 0 aromatic heterocycles. The molecule has 2 saturated heterocycles. The van der Waals surface area contributed by atoms with E-state index in [1.165, 1.54) is 0 Å². The minimum atomic E-state index is -0.668. The van der Waals surface area contributed by atoms with E-state index in [2.05, 4.69) is 0 Å². The lowest BCUT2D eigenvalue weighted by molar-refractivity contribution is -0.152. The molecule has 2 aromatic rings. The van der Waals surface area contributed by atoms with Crippen molar-refractivity contribution in [3.63, 3.8) is 0 Å². The summed E-state index contributed by atoms with van der Waals surface area (Å²) in [5, 5.41) is 1.72. The normalized spacial score (nSPS) is 25.3. The summed E-state index contributed by atoms with van der Waals surface area (Å²) in [7, 11) is 0. The Bertz CT molecular complexity index is 852. The zero-order valence-electron chi connectivity index (χ0n) is 14.9. The fraction of sp³-hybridized carbons (Fsp3) is 0.286. The second-order valence-corrected chi connectivity index (χ2v) is 6.81. The van der Waals surface area contributed by atoms with Crippen LogP contribution in [0.5, 0.6) is 0 Å². The molecule has 2 aliphatic heterocycles. The third-order valence-electron chi connectivity index (χ3n) is 5.09. The molecule has 0 bridgehead atoms. The first-order chi connectivity index (χ1) is 13.1. The highest BCUT2D eigenvalue weighted by Gasteiger charge is 2.50. The number of amides is 3. The number of para-hydroxylation sites is 1. The van der Waals surface area contributed by atoms with Gasteiger partial charge in [-0.25, -0.2) is 9.96 Å². The van der Waals surface area contributed by atoms with Crippen LogP contribution >= 0.6 is 0 Å². The first kappa shape index (κ1) is 17.4. The highest BCUT2D eigenvalue weighted by molar-refractivity contribution is 6.15. The van der Waals surface area contributed by atoms with E-state index in [9.17, 15) is 14.4 Å². The first-order valence-electron chi connectivity index (χ1n) is 9.03. The highest BCUT2D eigenvalue weighted by atomic mass is 16.7. The van der Waals surface area contributed by atoms with Crippen LogP contribution in [0.25, 0.3) is 0 Å². The van der Waals surface area contributed by atoms with Crippen LogP contribution in [0.15, 0.2) is 60.7 Å². The lowest BCUT2D eigenvalue weighted by Crippen LogP contribution is -2.44. The Balaban J connectivity index is 1.76. The van der Waals surface area contributed by atoms with Crippen LogP contribution in [-0.4, -0.2) is 28.7 Å². The lowest BCUT2D eigenvalue weighted by Gasteiger charge is -2.28. The maximum Gasteiger partial charge on any atom is 0.244 e. The zero-order chi connectivity index (χ0) is 19.0. The Hall–Kier alpha value is -2.99. The van der Waals surface area contributed by atoms with Gasteiger partial charge >= 0.3 is 0 Å². The molecular formula is C21H20N2O4. The number of benzene rings is 2. The van der Waals surface area contributed by atoms with Crippen molar-refractivity contribution in [2.24, 2.45) is 5.92 Å². The summed E-state index contributed by atoms with van der Waals surface area (Å²) in [5.74, 6) is -2.01. The maximum atomic E-state index is 13.2. The predicted molar refractivity (Wildman–Crippen MR) is 98.2 cm³/mol. The van der Waals surface area contributed by atoms with Crippen molar-refractivity contribution < 1.29 is 19.2 Å². The lowest BCUT2D eigenvalue weighted by atomic mass is 9.88. The maximum absolute atomic E-state index is 13.2. The number of nitrogens with zero attached hydrogens (tertiary/aromatic N) is 2. The number of likely N-dealkylation sites (tertiary alicyclic amines) is 1. The molecule has 0 unspecified atom stereocenters. The van der Waals surface area contributed by atoms with Crippen LogP contribution in [-0.2, 0) is 19.2 Å². The molecule has 3 atom stereocenters. The molecule has 27 heavy (non-hydrogen) atoms. The molecule has 4 rings (SSSR count). The van der Waals surface area contributed by atoms with E-state index >= 15 is 0 Å². The second-order valence-electron chi connectivity index (χ2n) is 6.81. The first-order valence-corrected chi connectivity index (χ1v) is 9.03. The van der Waals surface area contributed by atoms with Gasteiger partial charge in [-0.2, -0.15) is 0 Å². The van der Waals surface area contributed by atoms with Crippen molar-refractivity contribution in [1.29, 1.82) is 0 Å². The van der Waals surface area contributed by atoms with E-state index in [4.69, 9.17) is 4.84 Å². The van der Waals surface area contributed by atoms with Crippen molar-refractivity contribution in [2.45, 2.75) is 31.9 Å². The third kappa shape index (κ3) is 3.02. The Kier molecular flexibility index (Phi) is 4.49. The topological polar surface area (TPSA) is 66.9 Å². The van der Waals surface area contributed by atoms with Gasteiger partial charge in [0.05, 0.1) is 23.8 Å². The van der Waals surface area contributed by atoms with Gasteiger partial charge in [-0.3, -0.25) is 19.2 Å². The van der Waals surface area contributed by atoms with Crippen molar-refractivity contribution in [3.05, 3.63) is 66.2 Å². The Labute approximate surface area is 157 Å². The molecule has 0 saturated carbocycles. The Morgan fingerprint density at radius 2 is 1.48 bits per heavy atom. The molecule has 2 fully saturated rings. The standard InChI is InChI=1S/C21H20N2O4/c1-14-19(21(26)22-17(24)12-13-18(22)25)20(15-8-4-2-5-9-15)23(27-14)16-10-6-3-7-11-16/h2-11,14,19-20H,12-13H2,1H3/t14-,19-,20-/m1/s1. The average Bonchev–Trinajstić information content (AvgIpc) is 3.22. The van der Waals surface area contributed by atoms with Crippen LogP contribution in [0.2, 0.25) is 0 Å². The largest absolute Gasteiger partial charge is 0.274 e. The molecule has 0 aliphatic carbocycles. The average molecular weight is 364 g/mol. The monoisotopic (exact) mass is 364 g/mol. The number of rotatable bonds is 3. The number of anilines is 1. The molecule has 0 spiro atoms. The Morgan fingerprint density at radius 3 is 2.07 bits per heavy atom. The minimum Gasteiger partial charge on any atom is -0.274 e. The predicted octanol–water partition coefficient (Wildman–Crippen LogP) is 2.86. The van der Waals surface area contributed by atoms with Crippen molar-refractivity contribution in [2.75, 3.05) is 5.06 Å². The van der Waals surface area contributed by atoms with E-state index in [1.54, 1.807) is 12.0 Å². The van der Waals surface area contributed by atoms with Crippen molar-refractivity contribution in [3.8, 4) is 0 Å². The molecule has 138 valence electrons. The molecule has 6 nitrogen and oxygen atoms in total. The summed E-state index contributed by atoms with van der Waals surface area (Å²) < 4.78 is 0. The molecule has 3 amide bonds. The van der Waals surface area contributed by atoms with Crippen molar-refractivity contribution in [1.82, 2.24) is 4.90 Å². The van der Waals surface area contributed by atoms with E-state index in [1.807, 2.05) is 60.7 Å². The summed E-state index contributed by atoms with van der Waals surface area (Å²) >= 11 is 0. The van der Waals surface area contributed by atoms with E-state index < -0.39 is 35.8 Å². The van der Waals surface area contributed by atoms with Crippen LogP contribution in [0.1, 0.15) is 31.4 Å². The third-order valence-corrected chi connectivity index (χ3v) is 5.09. The molecule has 0 N–H and O–H groups in total. The number of carbonyl (C=O) groups excluding carboxylic acids is 3. The minimum absolute atomic E-state index is 0.0882. The van der Waals surface area contributed by atoms with Gasteiger partial charge in [-0.05, 0) is 24.6 Å². The summed E-state index contributed by atoms with van der Waals surface area (Å²) in [4.78, 5) is 44.3. The fourth-order valence-corrected chi connectivity index (χ4v) is 3.81. The molecule has 2 aromatic carbocycles. The van der Waals surface area contributed by atoms with Gasteiger partial charge in [0.15, 0.2) is 0 Å². The van der Waals surface area contributed by atoms with Crippen LogP contribution < -0.4 is 5.06 Å². The van der Waals surface area contributed by atoms with Gasteiger partial charge in [-0.15, -0.1) is 0 Å². The number of imide groups is 3. The highest BCUT2D eigenvalue weighted by Crippen LogP contribution is 2.43. The SMILES string of the molecule is C[C@H]1ON(c2ccccc2)[C@H](c2ccccc2)[C@@H]1C(=O)N1C(=O)CCC1=O. The summed E-state index contributed by atoms with van der Waals surface area (Å²) in [5.41, 5.74) is 1.70. The molecule has 6 heteroatoms.